The number of halogens is 1. The molecule has 0 saturated heterocycles. The molecule has 0 amide bonds. The van der Waals surface area contributed by atoms with Crippen LogP contribution >= 0.6 is 12.4 Å². The number of fused-ring (bicyclic) bond motifs is 1. The first kappa shape index (κ1) is 20.2. The first-order valence-electron chi connectivity index (χ1n) is 8.42. The van der Waals surface area contributed by atoms with E-state index in [2.05, 4.69) is 20.1 Å². The molecule has 0 spiro atoms. The Balaban J connectivity index is 0.00000225. The smallest absolute Gasteiger partial charge is 0.229 e. The summed E-state index contributed by atoms with van der Waals surface area (Å²) >= 11 is 0. The van der Waals surface area contributed by atoms with Crippen LogP contribution in [0.2, 0.25) is 0 Å². The minimum atomic E-state index is -3.44. The van der Waals surface area contributed by atoms with E-state index in [1.165, 1.54) is 7.11 Å². The zero-order valence-electron chi connectivity index (χ0n) is 15.4. The van der Waals surface area contributed by atoms with E-state index in [9.17, 15) is 8.42 Å². The molecule has 1 aliphatic heterocycles. The van der Waals surface area contributed by atoms with E-state index in [1.807, 2.05) is 27.6 Å². The van der Waals surface area contributed by atoms with Crippen molar-refractivity contribution in [3.05, 3.63) is 42.4 Å². The van der Waals surface area contributed by atoms with Gasteiger partial charge in [0.1, 0.15) is 11.4 Å². The number of benzene rings is 1. The summed E-state index contributed by atoms with van der Waals surface area (Å²) in [7, 11) is -1.94. The molecular formula is C17H21ClN6O3S. The van der Waals surface area contributed by atoms with E-state index >= 15 is 0 Å². The Labute approximate surface area is 169 Å². The highest BCUT2D eigenvalue weighted by Crippen LogP contribution is 2.30. The van der Waals surface area contributed by atoms with Gasteiger partial charge in [-0.05, 0) is 24.3 Å². The molecule has 9 nitrogen and oxygen atoms in total. The van der Waals surface area contributed by atoms with Crippen LogP contribution in [0.1, 0.15) is 5.69 Å². The Bertz CT molecular complexity index is 1070. The van der Waals surface area contributed by atoms with Gasteiger partial charge < -0.3 is 10.1 Å². The molecule has 1 aliphatic rings. The molecule has 28 heavy (non-hydrogen) atoms. The van der Waals surface area contributed by atoms with Gasteiger partial charge in [-0.3, -0.25) is 14.0 Å². The molecule has 4 rings (SSSR count). The minimum Gasteiger partial charge on any atom is -0.495 e. The quantitative estimate of drug-likeness (QED) is 0.645. The number of anilines is 1. The number of nitrogens with one attached hydrogen (secondary N) is 2. The molecule has 3 aromatic rings. The van der Waals surface area contributed by atoms with Crippen LogP contribution in [0.5, 0.6) is 5.75 Å². The molecule has 3 heterocycles. The molecule has 11 heteroatoms. The van der Waals surface area contributed by atoms with Crippen molar-refractivity contribution < 1.29 is 13.2 Å². The zero-order valence-corrected chi connectivity index (χ0v) is 17.0. The summed E-state index contributed by atoms with van der Waals surface area (Å²) in [4.78, 5) is 4.45. The van der Waals surface area contributed by atoms with Crippen molar-refractivity contribution in [3.63, 3.8) is 0 Å². The summed E-state index contributed by atoms with van der Waals surface area (Å²) in [5, 5.41) is 7.97. The third kappa shape index (κ3) is 3.98. The van der Waals surface area contributed by atoms with Crippen LogP contribution in [0.25, 0.3) is 17.2 Å². The van der Waals surface area contributed by atoms with Gasteiger partial charge in [-0.25, -0.2) is 13.4 Å². The van der Waals surface area contributed by atoms with Crippen molar-refractivity contribution in [1.29, 1.82) is 0 Å². The largest absolute Gasteiger partial charge is 0.495 e. The summed E-state index contributed by atoms with van der Waals surface area (Å²) in [5.74, 6) is 1.13. The van der Waals surface area contributed by atoms with E-state index in [-0.39, 0.29) is 12.4 Å². The maximum Gasteiger partial charge on any atom is 0.229 e. The topological polar surface area (TPSA) is 103 Å². The van der Waals surface area contributed by atoms with Gasteiger partial charge in [-0.1, -0.05) is 0 Å². The molecular weight excluding hydrogens is 404 g/mol. The number of hydrogen-bond acceptors (Lipinski definition) is 6. The summed E-state index contributed by atoms with van der Waals surface area (Å²) in [6.07, 6.45) is 4.61. The molecule has 0 bridgehead atoms. The molecule has 1 aromatic carbocycles. The predicted molar refractivity (Wildman–Crippen MR) is 109 cm³/mol. The fourth-order valence-corrected chi connectivity index (χ4v) is 3.69. The number of nitrogens with zero attached hydrogens (tertiary/aromatic N) is 4. The van der Waals surface area contributed by atoms with Gasteiger partial charge in [-0.2, -0.15) is 5.10 Å². The highest BCUT2D eigenvalue weighted by atomic mass is 35.5. The average molecular weight is 425 g/mol. The van der Waals surface area contributed by atoms with Gasteiger partial charge in [0.05, 0.1) is 31.3 Å². The predicted octanol–water partition coefficient (Wildman–Crippen LogP) is 1.64. The molecule has 0 saturated carbocycles. The number of rotatable bonds is 5. The van der Waals surface area contributed by atoms with Crippen molar-refractivity contribution >= 4 is 28.1 Å². The summed E-state index contributed by atoms with van der Waals surface area (Å²) in [6.45, 7) is 2.49. The lowest BCUT2D eigenvalue weighted by Crippen LogP contribution is -2.28. The lowest BCUT2D eigenvalue weighted by Gasteiger charge is -2.13. The molecule has 0 atom stereocenters. The van der Waals surface area contributed by atoms with Crippen molar-refractivity contribution in [2.45, 2.75) is 13.1 Å². The van der Waals surface area contributed by atoms with E-state index in [4.69, 9.17) is 4.74 Å². The van der Waals surface area contributed by atoms with E-state index < -0.39 is 10.0 Å². The zero-order chi connectivity index (χ0) is 19.0. The molecule has 0 aliphatic carbocycles. The Morgan fingerprint density at radius 1 is 1.29 bits per heavy atom. The third-order valence-corrected chi connectivity index (χ3v) is 4.89. The number of ether oxygens (including phenoxy) is 1. The molecule has 2 N–H and O–H groups in total. The lowest BCUT2D eigenvalue weighted by atomic mass is 10.2. The molecule has 0 unspecified atom stereocenters. The number of sulfonamides is 1. The van der Waals surface area contributed by atoms with Crippen LogP contribution < -0.4 is 14.8 Å². The van der Waals surface area contributed by atoms with Crippen molar-refractivity contribution in [3.8, 4) is 23.0 Å². The van der Waals surface area contributed by atoms with E-state index in [0.29, 0.717) is 17.3 Å². The highest BCUT2D eigenvalue weighted by molar-refractivity contribution is 7.92. The molecule has 0 fully saturated rings. The maximum absolute atomic E-state index is 11.7. The Morgan fingerprint density at radius 2 is 2.11 bits per heavy atom. The number of hydrogen-bond donors (Lipinski definition) is 2. The monoisotopic (exact) mass is 424 g/mol. The maximum atomic E-state index is 11.7. The highest BCUT2D eigenvalue weighted by Gasteiger charge is 2.18. The fourth-order valence-electron chi connectivity index (χ4n) is 3.13. The Morgan fingerprint density at radius 3 is 2.82 bits per heavy atom. The summed E-state index contributed by atoms with van der Waals surface area (Å²) < 4.78 is 34.9. The Kier molecular flexibility index (Phi) is 5.64. The number of imidazole rings is 1. The second-order valence-electron chi connectivity index (χ2n) is 6.30. The Hall–Kier alpha value is -2.56. The van der Waals surface area contributed by atoms with Gasteiger partial charge in [0.2, 0.25) is 10.0 Å². The van der Waals surface area contributed by atoms with Crippen molar-refractivity contribution in [2.24, 2.45) is 0 Å². The van der Waals surface area contributed by atoms with Gasteiger partial charge >= 0.3 is 0 Å². The van der Waals surface area contributed by atoms with Crippen molar-refractivity contribution in [2.75, 3.05) is 24.6 Å². The molecule has 2 aromatic heterocycles. The van der Waals surface area contributed by atoms with Crippen LogP contribution in [0, 0.1) is 0 Å². The second kappa shape index (κ2) is 7.82. The summed E-state index contributed by atoms with van der Waals surface area (Å²) in [5.41, 5.74) is 3.00. The van der Waals surface area contributed by atoms with Crippen LogP contribution in [0.15, 0.2) is 36.7 Å². The van der Waals surface area contributed by atoms with Crippen LogP contribution in [0.4, 0.5) is 5.69 Å². The van der Waals surface area contributed by atoms with E-state index in [1.54, 1.807) is 18.3 Å². The molecule has 0 radical (unpaired) electrons. The van der Waals surface area contributed by atoms with Crippen LogP contribution in [-0.2, 0) is 23.1 Å². The van der Waals surface area contributed by atoms with Crippen molar-refractivity contribution in [1.82, 2.24) is 24.6 Å². The average Bonchev–Trinajstić information content (AvgIpc) is 3.26. The first-order chi connectivity index (χ1) is 12.9. The standard InChI is InChI=1S/C17H20N6O3S.ClH/c1-26-16-4-3-12(9-14(16)21-27(2,24)25)22-7-6-19-17(22)15-10-13-11-18-5-8-23(13)20-15;/h3-4,6-7,9-10,18,21H,5,8,11H2,1-2H3;1H. The second-order valence-corrected chi connectivity index (χ2v) is 8.05. The van der Waals surface area contributed by atoms with Gasteiger partial charge in [0, 0.05) is 31.2 Å². The van der Waals surface area contributed by atoms with Crippen LogP contribution in [-0.4, -0.2) is 47.7 Å². The molecule has 150 valence electrons. The number of methoxy groups -OCH3 is 1. The van der Waals surface area contributed by atoms with E-state index in [0.717, 1.165) is 43.0 Å². The van der Waals surface area contributed by atoms with Gasteiger partial charge in [-0.15, -0.1) is 12.4 Å². The lowest BCUT2D eigenvalue weighted by molar-refractivity contribution is 0.417. The first-order valence-corrected chi connectivity index (χ1v) is 10.3. The van der Waals surface area contributed by atoms with Gasteiger partial charge in [0.15, 0.2) is 5.82 Å². The fraction of sp³-hybridized carbons (Fsp3) is 0.294. The van der Waals surface area contributed by atoms with Crippen LogP contribution in [0.3, 0.4) is 0 Å². The minimum absolute atomic E-state index is 0. The summed E-state index contributed by atoms with van der Waals surface area (Å²) in [6, 6.07) is 7.29. The third-order valence-electron chi connectivity index (χ3n) is 4.30. The number of aromatic nitrogens is 4. The SMILES string of the molecule is COc1ccc(-n2ccnc2-c2cc3n(n2)CCNC3)cc1NS(C)(=O)=O.Cl. The normalized spacial score (nSPS) is 13.5. The van der Waals surface area contributed by atoms with Gasteiger partial charge in [0.25, 0.3) is 0 Å².